The Balaban J connectivity index is 1.93. The Kier molecular flexibility index (Phi) is 4.61. The quantitative estimate of drug-likeness (QED) is 0.761. The molecule has 0 saturated carbocycles. The van der Waals surface area contributed by atoms with E-state index in [4.69, 9.17) is 0 Å². The van der Waals surface area contributed by atoms with Crippen molar-refractivity contribution in [3.05, 3.63) is 29.3 Å². The normalized spacial score (nSPS) is 17.7. The molecule has 5 heteroatoms. The monoisotopic (exact) mass is 275 g/mol. The summed E-state index contributed by atoms with van der Waals surface area (Å²) in [4.78, 5) is 23.2. The van der Waals surface area contributed by atoms with Crippen LogP contribution in [-0.4, -0.2) is 30.9 Å². The van der Waals surface area contributed by atoms with Crippen molar-refractivity contribution in [2.24, 2.45) is 0 Å². The molecular weight excluding hydrogens is 254 g/mol. The van der Waals surface area contributed by atoms with Gasteiger partial charge in [0.1, 0.15) is 0 Å². The number of anilines is 1. The molecule has 1 fully saturated rings. The fourth-order valence-electron chi connectivity index (χ4n) is 2.37. The predicted octanol–water partition coefficient (Wildman–Crippen LogP) is 1.44. The van der Waals surface area contributed by atoms with Gasteiger partial charge in [0.25, 0.3) is 5.91 Å². The number of amides is 2. The van der Waals surface area contributed by atoms with Gasteiger partial charge in [-0.05, 0) is 44.0 Å². The third-order valence-corrected chi connectivity index (χ3v) is 3.45. The number of hydrogen-bond donors (Lipinski definition) is 3. The van der Waals surface area contributed by atoms with E-state index in [9.17, 15) is 9.59 Å². The summed E-state index contributed by atoms with van der Waals surface area (Å²) in [6.07, 6.45) is 1.34. The zero-order valence-electron chi connectivity index (χ0n) is 12.0. The van der Waals surface area contributed by atoms with E-state index in [1.807, 2.05) is 32.0 Å². The Labute approximate surface area is 119 Å². The van der Waals surface area contributed by atoms with Crippen molar-refractivity contribution >= 4 is 17.5 Å². The summed E-state index contributed by atoms with van der Waals surface area (Å²) >= 11 is 0. The average molecular weight is 275 g/mol. The third kappa shape index (κ3) is 3.50. The molecule has 0 aromatic heterocycles. The first-order valence-corrected chi connectivity index (χ1v) is 7.02. The van der Waals surface area contributed by atoms with E-state index in [1.54, 1.807) is 0 Å². The molecule has 1 saturated heterocycles. The van der Waals surface area contributed by atoms with E-state index in [2.05, 4.69) is 16.0 Å². The molecule has 0 spiro atoms. The maximum Gasteiger partial charge on any atom is 0.251 e. The second kappa shape index (κ2) is 6.41. The highest BCUT2D eigenvalue weighted by molar-refractivity contribution is 5.96. The molecule has 1 aromatic carbocycles. The zero-order chi connectivity index (χ0) is 14.5. The smallest absolute Gasteiger partial charge is 0.251 e. The van der Waals surface area contributed by atoms with Gasteiger partial charge in [-0.1, -0.05) is 0 Å². The molecular formula is C15H21N3O2. The Morgan fingerprint density at radius 3 is 2.85 bits per heavy atom. The summed E-state index contributed by atoms with van der Waals surface area (Å²) in [6, 6.07) is 5.77. The summed E-state index contributed by atoms with van der Waals surface area (Å²) in [5, 5.41) is 8.93. The van der Waals surface area contributed by atoms with Crippen molar-refractivity contribution < 1.29 is 9.59 Å². The van der Waals surface area contributed by atoms with Crippen LogP contribution in [0.3, 0.4) is 0 Å². The number of hydrogen-bond acceptors (Lipinski definition) is 3. The maximum absolute atomic E-state index is 12.1. The molecule has 3 N–H and O–H groups in total. The number of carbonyl (C=O) groups is 2. The summed E-state index contributed by atoms with van der Waals surface area (Å²) in [7, 11) is 0. The van der Waals surface area contributed by atoms with Gasteiger partial charge in [-0.2, -0.15) is 0 Å². The van der Waals surface area contributed by atoms with Crippen LogP contribution in [0.2, 0.25) is 0 Å². The van der Waals surface area contributed by atoms with Crippen LogP contribution < -0.4 is 16.0 Å². The van der Waals surface area contributed by atoms with E-state index in [1.165, 1.54) is 0 Å². The molecule has 20 heavy (non-hydrogen) atoms. The van der Waals surface area contributed by atoms with Gasteiger partial charge in [0.15, 0.2) is 0 Å². The SMILES string of the molecule is CCNc1ccc(C(=O)NCC2CCC(=O)N2)c(C)c1. The highest BCUT2D eigenvalue weighted by Gasteiger charge is 2.21. The molecule has 2 amide bonds. The van der Waals surface area contributed by atoms with E-state index in [0.29, 0.717) is 18.5 Å². The molecule has 1 aliphatic rings. The lowest BCUT2D eigenvalue weighted by molar-refractivity contribution is -0.119. The highest BCUT2D eigenvalue weighted by Crippen LogP contribution is 2.15. The van der Waals surface area contributed by atoms with Gasteiger partial charge < -0.3 is 16.0 Å². The van der Waals surface area contributed by atoms with Crippen LogP contribution in [0.25, 0.3) is 0 Å². The molecule has 2 rings (SSSR count). The van der Waals surface area contributed by atoms with Gasteiger partial charge >= 0.3 is 0 Å². The first-order valence-electron chi connectivity index (χ1n) is 7.02. The summed E-state index contributed by atoms with van der Waals surface area (Å²) in [5.74, 6) is -0.0258. The number of carbonyl (C=O) groups excluding carboxylic acids is 2. The Hall–Kier alpha value is -2.04. The maximum atomic E-state index is 12.1. The van der Waals surface area contributed by atoms with Gasteiger partial charge in [0.05, 0.1) is 0 Å². The number of rotatable bonds is 5. The van der Waals surface area contributed by atoms with Crippen molar-refractivity contribution in [1.82, 2.24) is 10.6 Å². The highest BCUT2D eigenvalue weighted by atomic mass is 16.2. The summed E-state index contributed by atoms with van der Waals surface area (Å²) in [6.45, 7) is 5.30. The molecule has 1 heterocycles. The average Bonchev–Trinajstić information content (AvgIpc) is 2.82. The molecule has 5 nitrogen and oxygen atoms in total. The van der Waals surface area contributed by atoms with Crippen LogP contribution in [0.4, 0.5) is 5.69 Å². The van der Waals surface area contributed by atoms with Crippen LogP contribution in [0.5, 0.6) is 0 Å². The van der Waals surface area contributed by atoms with Gasteiger partial charge in [-0.15, -0.1) is 0 Å². The van der Waals surface area contributed by atoms with Crippen LogP contribution in [-0.2, 0) is 4.79 Å². The molecule has 1 atom stereocenters. The minimum atomic E-state index is -0.0910. The number of benzene rings is 1. The molecule has 1 aromatic rings. The molecule has 0 bridgehead atoms. The molecule has 1 unspecified atom stereocenters. The van der Waals surface area contributed by atoms with E-state index in [-0.39, 0.29) is 17.9 Å². The molecule has 108 valence electrons. The van der Waals surface area contributed by atoms with Gasteiger partial charge in [-0.25, -0.2) is 0 Å². The fraction of sp³-hybridized carbons (Fsp3) is 0.467. The van der Waals surface area contributed by atoms with Crippen molar-refractivity contribution in [3.8, 4) is 0 Å². The van der Waals surface area contributed by atoms with Crippen molar-refractivity contribution in [1.29, 1.82) is 0 Å². The van der Waals surface area contributed by atoms with Gasteiger partial charge in [0.2, 0.25) is 5.91 Å². The minimum Gasteiger partial charge on any atom is -0.385 e. The Morgan fingerprint density at radius 2 is 2.25 bits per heavy atom. The van der Waals surface area contributed by atoms with Gasteiger partial charge in [0, 0.05) is 36.8 Å². The second-order valence-corrected chi connectivity index (χ2v) is 5.07. The third-order valence-electron chi connectivity index (χ3n) is 3.45. The number of aryl methyl sites for hydroxylation is 1. The van der Waals surface area contributed by atoms with Crippen molar-refractivity contribution in [2.75, 3.05) is 18.4 Å². The fourth-order valence-corrected chi connectivity index (χ4v) is 2.37. The number of nitrogens with one attached hydrogen (secondary N) is 3. The molecule has 0 radical (unpaired) electrons. The molecule has 1 aliphatic heterocycles. The van der Waals surface area contributed by atoms with E-state index >= 15 is 0 Å². The van der Waals surface area contributed by atoms with Crippen LogP contribution in [0.1, 0.15) is 35.7 Å². The Morgan fingerprint density at radius 1 is 1.45 bits per heavy atom. The predicted molar refractivity (Wildman–Crippen MR) is 78.8 cm³/mol. The molecule has 0 aliphatic carbocycles. The summed E-state index contributed by atoms with van der Waals surface area (Å²) < 4.78 is 0. The second-order valence-electron chi connectivity index (χ2n) is 5.07. The first kappa shape index (κ1) is 14.4. The lowest BCUT2D eigenvalue weighted by atomic mass is 10.1. The van der Waals surface area contributed by atoms with Crippen LogP contribution in [0, 0.1) is 6.92 Å². The Bertz CT molecular complexity index is 514. The zero-order valence-corrected chi connectivity index (χ0v) is 12.0. The first-order chi connectivity index (χ1) is 9.60. The lowest BCUT2D eigenvalue weighted by Gasteiger charge is -2.13. The largest absolute Gasteiger partial charge is 0.385 e. The van der Waals surface area contributed by atoms with Crippen molar-refractivity contribution in [2.45, 2.75) is 32.7 Å². The van der Waals surface area contributed by atoms with Gasteiger partial charge in [-0.3, -0.25) is 9.59 Å². The lowest BCUT2D eigenvalue weighted by Crippen LogP contribution is -2.38. The van der Waals surface area contributed by atoms with Crippen LogP contribution >= 0.6 is 0 Å². The van der Waals surface area contributed by atoms with Crippen molar-refractivity contribution in [3.63, 3.8) is 0 Å². The van der Waals surface area contributed by atoms with E-state index in [0.717, 1.165) is 24.2 Å². The summed E-state index contributed by atoms with van der Waals surface area (Å²) in [5.41, 5.74) is 2.64. The topological polar surface area (TPSA) is 70.2 Å². The van der Waals surface area contributed by atoms with Crippen LogP contribution in [0.15, 0.2) is 18.2 Å². The van der Waals surface area contributed by atoms with E-state index < -0.39 is 0 Å². The standard InChI is InChI=1S/C15H21N3O2/c1-3-16-11-4-6-13(10(2)8-11)15(20)17-9-12-5-7-14(19)18-12/h4,6,8,12,16H,3,5,7,9H2,1-2H3,(H,17,20)(H,18,19). The minimum absolute atomic E-state index is 0.0628.